The first-order valence-electron chi connectivity index (χ1n) is 11.1. The van der Waals surface area contributed by atoms with Gasteiger partial charge in [0.25, 0.3) is 5.91 Å². The van der Waals surface area contributed by atoms with E-state index < -0.39 is 0 Å². The number of benzene rings is 2. The highest BCUT2D eigenvalue weighted by Crippen LogP contribution is 2.28. The van der Waals surface area contributed by atoms with E-state index in [0.29, 0.717) is 4.88 Å². The Morgan fingerprint density at radius 3 is 2.55 bits per heavy atom. The number of fused-ring (bicyclic) bond motifs is 1. The predicted molar refractivity (Wildman–Crippen MR) is 126 cm³/mol. The standard InChI is InChI=1S/C25H28N4OS/c30-24(27-22-11-13-28(14-12-22)17-19-6-2-1-3-7-19)23-16-26-25(31-23)29-15-10-20-8-4-5-9-21(20)18-29/h1-9,16,22H,10-15,17-18H2,(H,27,30). The van der Waals surface area contributed by atoms with Crippen LogP contribution in [0.15, 0.2) is 60.8 Å². The van der Waals surface area contributed by atoms with Crippen molar-refractivity contribution in [3.8, 4) is 0 Å². The van der Waals surface area contributed by atoms with Gasteiger partial charge in [0.05, 0.1) is 6.20 Å². The maximum absolute atomic E-state index is 12.8. The Balaban J connectivity index is 1.13. The number of thiazole rings is 1. The van der Waals surface area contributed by atoms with Crippen molar-refractivity contribution in [1.82, 2.24) is 15.2 Å². The summed E-state index contributed by atoms with van der Waals surface area (Å²) in [5.41, 5.74) is 4.13. The van der Waals surface area contributed by atoms with Gasteiger partial charge in [-0.25, -0.2) is 4.98 Å². The Hall–Kier alpha value is -2.70. The second-order valence-electron chi connectivity index (χ2n) is 8.46. The van der Waals surface area contributed by atoms with Crippen LogP contribution in [0.4, 0.5) is 5.13 Å². The first-order valence-corrected chi connectivity index (χ1v) is 11.9. The lowest BCUT2D eigenvalue weighted by atomic mass is 10.0. The van der Waals surface area contributed by atoms with Gasteiger partial charge in [0, 0.05) is 38.8 Å². The van der Waals surface area contributed by atoms with E-state index in [1.807, 2.05) is 0 Å². The van der Waals surface area contributed by atoms with E-state index in [4.69, 9.17) is 0 Å². The zero-order valence-corrected chi connectivity index (χ0v) is 18.5. The SMILES string of the molecule is O=C(NC1CCN(Cc2ccccc2)CC1)c1cnc(N2CCc3ccccc3C2)s1. The van der Waals surface area contributed by atoms with Gasteiger partial charge in [0.15, 0.2) is 5.13 Å². The molecule has 3 aromatic rings. The molecular weight excluding hydrogens is 404 g/mol. The minimum atomic E-state index is 0.0164. The second-order valence-corrected chi connectivity index (χ2v) is 9.47. The third-order valence-electron chi connectivity index (χ3n) is 6.29. The van der Waals surface area contributed by atoms with Crippen LogP contribution in [0.5, 0.6) is 0 Å². The zero-order valence-electron chi connectivity index (χ0n) is 17.7. The van der Waals surface area contributed by atoms with Crippen LogP contribution in [0.3, 0.4) is 0 Å². The van der Waals surface area contributed by atoms with Crippen molar-refractivity contribution >= 4 is 22.4 Å². The van der Waals surface area contributed by atoms with Gasteiger partial charge in [0.1, 0.15) is 4.88 Å². The predicted octanol–water partition coefficient (Wildman–Crippen LogP) is 4.10. The first-order chi connectivity index (χ1) is 15.2. The van der Waals surface area contributed by atoms with Crippen molar-refractivity contribution in [2.75, 3.05) is 24.5 Å². The number of amides is 1. The molecule has 1 N–H and O–H groups in total. The highest BCUT2D eigenvalue weighted by Gasteiger charge is 2.24. The molecule has 160 valence electrons. The molecule has 0 atom stereocenters. The minimum Gasteiger partial charge on any atom is -0.348 e. The highest BCUT2D eigenvalue weighted by molar-refractivity contribution is 7.17. The molecule has 6 heteroatoms. The summed E-state index contributed by atoms with van der Waals surface area (Å²) >= 11 is 1.51. The Morgan fingerprint density at radius 1 is 1.00 bits per heavy atom. The lowest BCUT2D eigenvalue weighted by Gasteiger charge is -2.32. The average Bonchev–Trinajstić information content (AvgIpc) is 3.31. The summed E-state index contributed by atoms with van der Waals surface area (Å²) in [5.74, 6) is 0.0164. The van der Waals surface area contributed by atoms with Gasteiger partial charge in [-0.3, -0.25) is 9.69 Å². The lowest BCUT2D eigenvalue weighted by Crippen LogP contribution is -2.44. The van der Waals surface area contributed by atoms with Crippen molar-refractivity contribution in [3.05, 3.63) is 82.4 Å². The van der Waals surface area contributed by atoms with Gasteiger partial charge in [-0.2, -0.15) is 0 Å². The fraction of sp³-hybridized carbons (Fsp3) is 0.360. The number of hydrogen-bond acceptors (Lipinski definition) is 5. The molecule has 3 heterocycles. The third kappa shape index (κ3) is 4.81. The van der Waals surface area contributed by atoms with Crippen molar-refractivity contribution < 1.29 is 4.79 Å². The second kappa shape index (κ2) is 9.20. The van der Waals surface area contributed by atoms with Crippen LogP contribution in [0.25, 0.3) is 0 Å². The van der Waals surface area contributed by atoms with Crippen molar-refractivity contribution in [1.29, 1.82) is 0 Å². The summed E-state index contributed by atoms with van der Waals surface area (Å²) in [6.45, 7) is 4.83. The summed E-state index contributed by atoms with van der Waals surface area (Å²) < 4.78 is 0. The number of likely N-dealkylation sites (tertiary alicyclic amines) is 1. The molecule has 1 aromatic heterocycles. The molecular formula is C25H28N4OS. The zero-order chi connectivity index (χ0) is 21.0. The molecule has 0 aliphatic carbocycles. The number of carbonyl (C=O) groups excluding carboxylic acids is 1. The van der Waals surface area contributed by atoms with Crippen LogP contribution in [-0.4, -0.2) is 41.5 Å². The van der Waals surface area contributed by atoms with Crippen LogP contribution >= 0.6 is 11.3 Å². The molecule has 2 aliphatic rings. The number of anilines is 1. The van der Waals surface area contributed by atoms with Crippen LogP contribution in [0.1, 0.15) is 39.2 Å². The van der Waals surface area contributed by atoms with E-state index in [-0.39, 0.29) is 11.9 Å². The largest absolute Gasteiger partial charge is 0.348 e. The number of nitrogens with one attached hydrogen (secondary N) is 1. The monoisotopic (exact) mass is 432 g/mol. The molecule has 0 saturated carbocycles. The molecule has 1 saturated heterocycles. The topological polar surface area (TPSA) is 48.5 Å². The van der Waals surface area contributed by atoms with E-state index in [9.17, 15) is 4.79 Å². The maximum Gasteiger partial charge on any atom is 0.263 e. The molecule has 31 heavy (non-hydrogen) atoms. The van der Waals surface area contributed by atoms with Crippen LogP contribution in [0.2, 0.25) is 0 Å². The summed E-state index contributed by atoms with van der Waals surface area (Å²) in [6.07, 6.45) is 4.75. The van der Waals surface area contributed by atoms with Gasteiger partial charge in [-0.1, -0.05) is 65.9 Å². The maximum atomic E-state index is 12.8. The van der Waals surface area contributed by atoms with Crippen LogP contribution in [0, 0.1) is 0 Å². The molecule has 0 bridgehead atoms. The lowest BCUT2D eigenvalue weighted by molar-refractivity contribution is 0.0913. The van der Waals surface area contributed by atoms with Gasteiger partial charge in [-0.05, 0) is 36.0 Å². The van der Waals surface area contributed by atoms with Gasteiger partial charge < -0.3 is 10.2 Å². The van der Waals surface area contributed by atoms with Crippen molar-refractivity contribution in [3.63, 3.8) is 0 Å². The van der Waals surface area contributed by atoms with Crippen molar-refractivity contribution in [2.45, 2.75) is 38.4 Å². The Kier molecular flexibility index (Phi) is 6.00. The molecule has 1 amide bonds. The van der Waals surface area contributed by atoms with Gasteiger partial charge in [-0.15, -0.1) is 0 Å². The first kappa shape index (κ1) is 20.2. The Labute approximate surface area is 187 Å². The van der Waals surface area contributed by atoms with Crippen LogP contribution < -0.4 is 10.2 Å². The third-order valence-corrected chi connectivity index (χ3v) is 7.35. The van der Waals surface area contributed by atoms with E-state index in [0.717, 1.165) is 57.1 Å². The number of rotatable bonds is 5. The number of nitrogens with zero attached hydrogens (tertiary/aromatic N) is 3. The molecule has 2 aliphatic heterocycles. The van der Waals surface area contributed by atoms with Gasteiger partial charge in [0.2, 0.25) is 0 Å². The number of carbonyl (C=O) groups is 1. The molecule has 5 nitrogen and oxygen atoms in total. The number of aromatic nitrogens is 1. The fourth-order valence-corrected chi connectivity index (χ4v) is 5.35. The quantitative estimate of drug-likeness (QED) is 0.659. The van der Waals surface area contributed by atoms with Gasteiger partial charge >= 0.3 is 0 Å². The molecule has 1 fully saturated rings. The number of piperidine rings is 1. The fourth-order valence-electron chi connectivity index (χ4n) is 4.51. The molecule has 0 spiro atoms. The molecule has 2 aromatic carbocycles. The van der Waals surface area contributed by atoms with E-state index >= 15 is 0 Å². The van der Waals surface area contributed by atoms with E-state index in [1.165, 1.54) is 28.0 Å². The summed E-state index contributed by atoms with van der Waals surface area (Å²) in [6, 6.07) is 19.4. The molecule has 0 radical (unpaired) electrons. The smallest absolute Gasteiger partial charge is 0.263 e. The van der Waals surface area contributed by atoms with E-state index in [2.05, 4.69) is 74.7 Å². The normalized spacial score (nSPS) is 17.4. The Morgan fingerprint density at radius 2 is 1.74 bits per heavy atom. The molecule has 0 unspecified atom stereocenters. The number of hydrogen-bond donors (Lipinski definition) is 1. The summed E-state index contributed by atoms with van der Waals surface area (Å²) in [4.78, 5) is 22.8. The summed E-state index contributed by atoms with van der Waals surface area (Å²) in [5, 5.41) is 4.18. The summed E-state index contributed by atoms with van der Waals surface area (Å²) in [7, 11) is 0. The highest BCUT2D eigenvalue weighted by atomic mass is 32.1. The van der Waals surface area contributed by atoms with Crippen LogP contribution in [-0.2, 0) is 19.5 Å². The van der Waals surface area contributed by atoms with E-state index in [1.54, 1.807) is 6.20 Å². The molecule has 5 rings (SSSR count). The average molecular weight is 433 g/mol. The van der Waals surface area contributed by atoms with Crippen molar-refractivity contribution in [2.24, 2.45) is 0 Å². The Bertz CT molecular complexity index is 1030. The minimum absolute atomic E-state index is 0.0164.